The molecule has 0 aliphatic carbocycles. The highest BCUT2D eigenvalue weighted by molar-refractivity contribution is 9.09. The highest BCUT2D eigenvalue weighted by Gasteiger charge is 2.05. The Hall–Kier alpha value is 0.460. The molecule has 0 spiro atoms. The molecule has 0 aliphatic rings. The van der Waals surface area contributed by atoms with Crippen molar-refractivity contribution >= 4 is 54.5 Å². The summed E-state index contributed by atoms with van der Waals surface area (Å²) in [4.78, 5) is 2.47. The summed E-state index contributed by atoms with van der Waals surface area (Å²) in [6, 6.07) is 8.76. The largest absolute Gasteiger partial charge is 0.371 e. The van der Waals surface area contributed by atoms with Gasteiger partial charge in [-0.15, -0.1) is 17.0 Å². The minimum atomic E-state index is 0. The fourth-order valence-electron chi connectivity index (χ4n) is 1.70. The fourth-order valence-corrected chi connectivity index (χ4v) is 2.20. The van der Waals surface area contributed by atoms with Crippen LogP contribution in [0.1, 0.15) is 18.4 Å². The van der Waals surface area contributed by atoms with Crippen molar-refractivity contribution in [3.05, 3.63) is 29.8 Å². The van der Waals surface area contributed by atoms with Gasteiger partial charge >= 0.3 is 0 Å². The number of halogens is 3. The van der Waals surface area contributed by atoms with Gasteiger partial charge in [0.25, 0.3) is 0 Å². The molecule has 0 unspecified atom stereocenters. The number of benzene rings is 1. The van der Waals surface area contributed by atoms with Gasteiger partial charge in [-0.3, -0.25) is 0 Å². The maximum absolute atomic E-state index is 3.50. The van der Waals surface area contributed by atoms with Gasteiger partial charge in [0.15, 0.2) is 0 Å². The number of hydrogen-bond acceptors (Lipinski definition) is 1. The van der Waals surface area contributed by atoms with Crippen LogP contribution in [-0.4, -0.2) is 23.7 Å². The van der Waals surface area contributed by atoms with Gasteiger partial charge in [-0.05, 0) is 37.5 Å². The molecule has 0 amide bonds. The van der Waals surface area contributed by atoms with E-state index in [2.05, 4.69) is 67.9 Å². The molecule has 1 rings (SSSR count). The van der Waals surface area contributed by atoms with Crippen LogP contribution >= 0.6 is 48.8 Å². The third-order valence-corrected chi connectivity index (χ3v) is 3.61. The lowest BCUT2D eigenvalue weighted by Crippen LogP contribution is -2.26. The highest BCUT2D eigenvalue weighted by Crippen LogP contribution is 2.17. The van der Waals surface area contributed by atoms with Gasteiger partial charge in [0.1, 0.15) is 0 Å². The molecule has 17 heavy (non-hydrogen) atoms. The lowest BCUT2D eigenvalue weighted by molar-refractivity contribution is 0.754. The molecule has 0 N–H and O–H groups in total. The highest BCUT2D eigenvalue weighted by atomic mass is 79.9. The van der Waals surface area contributed by atoms with E-state index in [9.17, 15) is 0 Å². The van der Waals surface area contributed by atoms with Gasteiger partial charge in [0.05, 0.1) is 0 Å². The van der Waals surface area contributed by atoms with Crippen molar-refractivity contribution in [3.8, 4) is 0 Å². The van der Waals surface area contributed by atoms with Crippen LogP contribution in [0.5, 0.6) is 0 Å². The van der Waals surface area contributed by atoms with E-state index in [1.165, 1.54) is 24.1 Å². The SMILES string of the molecule is Br.Cc1cccc(N(CCCBr)CCCBr)c1. The van der Waals surface area contributed by atoms with Crippen LogP contribution in [0.15, 0.2) is 24.3 Å². The average molecular weight is 430 g/mol. The standard InChI is InChI=1S/C13H19Br2N.BrH/c1-12-5-2-6-13(11-12)16(9-3-7-14)10-4-8-15;/h2,5-6,11H,3-4,7-10H2,1H3;1H. The van der Waals surface area contributed by atoms with Crippen molar-refractivity contribution in [1.29, 1.82) is 0 Å². The maximum atomic E-state index is 3.50. The first-order chi connectivity index (χ1) is 7.77. The second-order valence-corrected chi connectivity index (χ2v) is 5.50. The van der Waals surface area contributed by atoms with Crippen LogP contribution in [-0.2, 0) is 0 Å². The smallest absolute Gasteiger partial charge is 0.0368 e. The van der Waals surface area contributed by atoms with E-state index in [-0.39, 0.29) is 17.0 Å². The molecule has 0 fully saturated rings. The minimum Gasteiger partial charge on any atom is -0.371 e. The molecule has 4 heteroatoms. The van der Waals surface area contributed by atoms with Crippen LogP contribution in [0.2, 0.25) is 0 Å². The van der Waals surface area contributed by atoms with Gasteiger partial charge < -0.3 is 4.90 Å². The number of rotatable bonds is 7. The summed E-state index contributed by atoms with van der Waals surface area (Å²) in [6.45, 7) is 4.40. The Morgan fingerprint density at radius 2 is 1.65 bits per heavy atom. The van der Waals surface area contributed by atoms with Crippen molar-refractivity contribution in [2.24, 2.45) is 0 Å². The Morgan fingerprint density at radius 3 is 2.12 bits per heavy atom. The van der Waals surface area contributed by atoms with E-state index in [0.717, 1.165) is 23.7 Å². The molecule has 0 atom stereocenters. The molecule has 98 valence electrons. The van der Waals surface area contributed by atoms with Crippen LogP contribution in [0.3, 0.4) is 0 Å². The molecule has 0 saturated heterocycles. The van der Waals surface area contributed by atoms with Crippen LogP contribution in [0.25, 0.3) is 0 Å². The predicted octanol–water partition coefficient (Wildman–Crippen LogP) is 4.95. The maximum Gasteiger partial charge on any atom is 0.0368 e. The zero-order valence-electron chi connectivity index (χ0n) is 10.2. The minimum absolute atomic E-state index is 0. The Bertz CT molecular complexity index is 296. The molecular weight excluding hydrogens is 410 g/mol. The van der Waals surface area contributed by atoms with E-state index in [1.807, 2.05) is 0 Å². The molecular formula is C13H20Br3N. The number of anilines is 1. The van der Waals surface area contributed by atoms with Gasteiger partial charge in [0, 0.05) is 29.4 Å². The fraction of sp³-hybridized carbons (Fsp3) is 0.538. The molecule has 0 aliphatic heterocycles. The monoisotopic (exact) mass is 427 g/mol. The average Bonchev–Trinajstić information content (AvgIpc) is 2.29. The van der Waals surface area contributed by atoms with E-state index in [4.69, 9.17) is 0 Å². The summed E-state index contributed by atoms with van der Waals surface area (Å²) >= 11 is 6.99. The van der Waals surface area contributed by atoms with E-state index in [1.54, 1.807) is 0 Å². The van der Waals surface area contributed by atoms with Crippen molar-refractivity contribution in [2.75, 3.05) is 28.6 Å². The Labute approximate surface area is 132 Å². The second kappa shape index (κ2) is 10.4. The molecule has 1 aromatic rings. The molecule has 0 aromatic heterocycles. The molecule has 0 bridgehead atoms. The molecule has 1 nitrogen and oxygen atoms in total. The van der Waals surface area contributed by atoms with Gasteiger partial charge in [0.2, 0.25) is 0 Å². The lowest BCUT2D eigenvalue weighted by atomic mass is 10.2. The summed E-state index contributed by atoms with van der Waals surface area (Å²) < 4.78 is 0. The first kappa shape index (κ1) is 17.5. The predicted molar refractivity (Wildman–Crippen MR) is 90.5 cm³/mol. The Kier molecular flexibility index (Phi) is 10.7. The van der Waals surface area contributed by atoms with Gasteiger partial charge in [-0.2, -0.15) is 0 Å². The third kappa shape index (κ3) is 6.82. The van der Waals surface area contributed by atoms with Crippen molar-refractivity contribution in [1.82, 2.24) is 0 Å². The van der Waals surface area contributed by atoms with Crippen molar-refractivity contribution < 1.29 is 0 Å². The molecule has 0 heterocycles. The summed E-state index contributed by atoms with van der Waals surface area (Å²) in [5.74, 6) is 0. The van der Waals surface area contributed by atoms with Gasteiger partial charge in [-0.25, -0.2) is 0 Å². The number of alkyl halides is 2. The van der Waals surface area contributed by atoms with E-state index >= 15 is 0 Å². The summed E-state index contributed by atoms with van der Waals surface area (Å²) in [6.07, 6.45) is 2.38. The number of nitrogens with zero attached hydrogens (tertiary/aromatic N) is 1. The molecule has 1 aromatic carbocycles. The van der Waals surface area contributed by atoms with Crippen LogP contribution < -0.4 is 4.90 Å². The number of hydrogen-bond donors (Lipinski definition) is 0. The van der Waals surface area contributed by atoms with Crippen LogP contribution in [0, 0.1) is 6.92 Å². The van der Waals surface area contributed by atoms with Crippen LogP contribution in [0.4, 0.5) is 5.69 Å². The summed E-state index contributed by atoms with van der Waals surface area (Å²) in [7, 11) is 0. The Morgan fingerprint density at radius 1 is 1.06 bits per heavy atom. The summed E-state index contributed by atoms with van der Waals surface area (Å²) in [5, 5.41) is 2.15. The molecule has 0 radical (unpaired) electrons. The second-order valence-electron chi connectivity index (χ2n) is 3.91. The topological polar surface area (TPSA) is 3.24 Å². The van der Waals surface area contributed by atoms with E-state index in [0.29, 0.717) is 0 Å². The summed E-state index contributed by atoms with van der Waals surface area (Å²) in [5.41, 5.74) is 2.68. The number of aryl methyl sites for hydroxylation is 1. The lowest BCUT2D eigenvalue weighted by Gasteiger charge is -2.24. The quantitative estimate of drug-likeness (QED) is 0.554. The first-order valence-corrected chi connectivity index (χ1v) is 7.95. The van der Waals surface area contributed by atoms with E-state index < -0.39 is 0 Å². The van der Waals surface area contributed by atoms with Crippen molar-refractivity contribution in [3.63, 3.8) is 0 Å². The van der Waals surface area contributed by atoms with Crippen molar-refractivity contribution in [2.45, 2.75) is 19.8 Å². The third-order valence-electron chi connectivity index (χ3n) is 2.49. The zero-order valence-corrected chi connectivity index (χ0v) is 15.0. The van der Waals surface area contributed by atoms with Gasteiger partial charge in [-0.1, -0.05) is 44.0 Å². The zero-order chi connectivity index (χ0) is 11.8. The Balaban J connectivity index is 0.00000256. The molecule has 0 saturated carbocycles. The normalized spacial score (nSPS) is 9.82. The first-order valence-electron chi connectivity index (χ1n) is 5.71.